The number of nitrogens with two attached hydrogens (primary N) is 1. The number of benzene rings is 1. The van der Waals surface area contributed by atoms with Crippen molar-refractivity contribution in [3.05, 3.63) is 58.9 Å². The number of pyridine rings is 1. The highest BCUT2D eigenvalue weighted by Gasteiger charge is 2.36. The standard InChI is InChI=1S/C24H32N2O2/c1-28-23-9-11-26-22(14-23)7-3-17-2-4-19-13-20(6-5-18(19)12-17)21-8-10-24(25,15-21)16-27/h5-6,9,11,13-14,17,21,27H,2-4,7-8,10,12,15-16,25H2,1H3/t17-,21+,24-/m1/s1. The molecule has 28 heavy (non-hydrogen) atoms. The second-order valence-corrected chi connectivity index (χ2v) is 8.82. The van der Waals surface area contributed by atoms with Crippen molar-refractivity contribution in [3.63, 3.8) is 0 Å². The van der Waals surface area contributed by atoms with Crippen LogP contribution in [0.3, 0.4) is 0 Å². The molecule has 4 nitrogen and oxygen atoms in total. The molecule has 2 aliphatic carbocycles. The molecule has 4 heteroatoms. The monoisotopic (exact) mass is 380 g/mol. The quantitative estimate of drug-likeness (QED) is 0.800. The predicted octanol–water partition coefficient (Wildman–Crippen LogP) is 3.79. The van der Waals surface area contributed by atoms with Crippen molar-refractivity contribution in [1.29, 1.82) is 0 Å². The average Bonchev–Trinajstić information content (AvgIpc) is 3.14. The first-order valence-electron chi connectivity index (χ1n) is 10.6. The van der Waals surface area contributed by atoms with Gasteiger partial charge in [0.15, 0.2) is 0 Å². The van der Waals surface area contributed by atoms with E-state index in [0.717, 1.165) is 43.0 Å². The van der Waals surface area contributed by atoms with Crippen molar-refractivity contribution in [2.45, 2.75) is 62.8 Å². The lowest BCUT2D eigenvalue weighted by molar-refractivity contribution is 0.198. The molecule has 150 valence electrons. The van der Waals surface area contributed by atoms with E-state index >= 15 is 0 Å². The third-order valence-corrected chi connectivity index (χ3v) is 6.82. The van der Waals surface area contributed by atoms with Crippen molar-refractivity contribution in [2.24, 2.45) is 11.7 Å². The predicted molar refractivity (Wildman–Crippen MR) is 112 cm³/mol. The summed E-state index contributed by atoms with van der Waals surface area (Å²) in [5.74, 6) is 2.12. The zero-order chi connectivity index (χ0) is 19.6. The van der Waals surface area contributed by atoms with Crippen LogP contribution in [0.5, 0.6) is 5.75 Å². The van der Waals surface area contributed by atoms with E-state index in [4.69, 9.17) is 10.5 Å². The number of aliphatic hydroxyl groups excluding tert-OH is 1. The number of methoxy groups -OCH3 is 1. The highest BCUT2D eigenvalue weighted by molar-refractivity contribution is 5.36. The Hall–Kier alpha value is -1.91. The number of rotatable bonds is 6. The van der Waals surface area contributed by atoms with Crippen LogP contribution in [-0.2, 0) is 19.3 Å². The number of hydrogen-bond donors (Lipinski definition) is 2. The molecule has 0 spiro atoms. The zero-order valence-electron chi connectivity index (χ0n) is 16.9. The number of hydrogen-bond acceptors (Lipinski definition) is 4. The Balaban J connectivity index is 1.37. The van der Waals surface area contributed by atoms with E-state index < -0.39 is 0 Å². The lowest BCUT2D eigenvalue weighted by Crippen LogP contribution is -2.40. The van der Waals surface area contributed by atoms with Gasteiger partial charge >= 0.3 is 0 Å². The number of aliphatic hydroxyl groups is 1. The van der Waals surface area contributed by atoms with Crippen molar-refractivity contribution < 1.29 is 9.84 Å². The fourth-order valence-electron chi connectivity index (χ4n) is 5.01. The molecule has 3 N–H and O–H groups in total. The van der Waals surface area contributed by atoms with Crippen LogP contribution in [0.15, 0.2) is 36.5 Å². The van der Waals surface area contributed by atoms with Crippen molar-refractivity contribution in [2.75, 3.05) is 13.7 Å². The number of ether oxygens (including phenoxy) is 1. The number of aryl methyl sites for hydroxylation is 2. The maximum absolute atomic E-state index is 9.54. The number of aromatic nitrogens is 1. The minimum atomic E-state index is -0.375. The molecule has 0 amide bonds. The van der Waals surface area contributed by atoms with E-state index in [1.165, 1.54) is 42.4 Å². The second-order valence-electron chi connectivity index (χ2n) is 8.82. The summed E-state index contributed by atoms with van der Waals surface area (Å²) in [4.78, 5) is 4.48. The fraction of sp³-hybridized carbons (Fsp3) is 0.542. The topological polar surface area (TPSA) is 68.4 Å². The van der Waals surface area contributed by atoms with Crippen LogP contribution in [-0.4, -0.2) is 29.3 Å². The van der Waals surface area contributed by atoms with Crippen LogP contribution >= 0.6 is 0 Å². The lowest BCUT2D eigenvalue weighted by atomic mass is 9.79. The smallest absolute Gasteiger partial charge is 0.122 e. The minimum absolute atomic E-state index is 0.0955. The molecule has 2 aromatic rings. The van der Waals surface area contributed by atoms with Gasteiger partial charge in [0, 0.05) is 23.5 Å². The molecule has 2 aliphatic rings. The largest absolute Gasteiger partial charge is 0.497 e. The first-order chi connectivity index (χ1) is 13.6. The zero-order valence-corrected chi connectivity index (χ0v) is 16.9. The van der Waals surface area contributed by atoms with Gasteiger partial charge in [-0.25, -0.2) is 0 Å². The molecule has 3 atom stereocenters. The van der Waals surface area contributed by atoms with E-state index in [1.807, 2.05) is 12.3 Å². The Morgan fingerprint density at radius 2 is 2.11 bits per heavy atom. The molecule has 0 radical (unpaired) electrons. The maximum atomic E-state index is 9.54. The van der Waals surface area contributed by atoms with Crippen LogP contribution in [0.2, 0.25) is 0 Å². The first kappa shape index (κ1) is 19.4. The highest BCUT2D eigenvalue weighted by atomic mass is 16.5. The van der Waals surface area contributed by atoms with Gasteiger partial charge in [0.1, 0.15) is 5.75 Å². The Morgan fingerprint density at radius 1 is 1.21 bits per heavy atom. The van der Waals surface area contributed by atoms with E-state index in [0.29, 0.717) is 5.92 Å². The summed E-state index contributed by atoms with van der Waals surface area (Å²) in [5.41, 5.74) is 11.5. The molecule has 0 unspecified atom stereocenters. The van der Waals surface area contributed by atoms with Gasteiger partial charge in [-0.2, -0.15) is 0 Å². The molecule has 1 saturated carbocycles. The summed E-state index contributed by atoms with van der Waals surface area (Å²) in [5, 5.41) is 9.54. The molecule has 1 fully saturated rings. The lowest BCUT2D eigenvalue weighted by Gasteiger charge is -2.26. The molecule has 1 heterocycles. The van der Waals surface area contributed by atoms with Gasteiger partial charge in [-0.15, -0.1) is 0 Å². The van der Waals surface area contributed by atoms with Crippen LogP contribution in [0.25, 0.3) is 0 Å². The molecule has 1 aromatic carbocycles. The van der Waals surface area contributed by atoms with E-state index in [9.17, 15) is 5.11 Å². The molecular weight excluding hydrogens is 348 g/mol. The molecule has 0 aliphatic heterocycles. The number of nitrogens with zero attached hydrogens (tertiary/aromatic N) is 1. The van der Waals surface area contributed by atoms with Crippen LogP contribution in [0, 0.1) is 5.92 Å². The van der Waals surface area contributed by atoms with E-state index in [-0.39, 0.29) is 12.1 Å². The highest BCUT2D eigenvalue weighted by Crippen LogP contribution is 2.40. The van der Waals surface area contributed by atoms with Crippen molar-refractivity contribution in [3.8, 4) is 5.75 Å². The molecule has 1 aromatic heterocycles. The Kier molecular flexibility index (Phi) is 5.70. The molecule has 0 bridgehead atoms. The van der Waals surface area contributed by atoms with Crippen LogP contribution in [0.4, 0.5) is 0 Å². The molecule has 4 rings (SSSR count). The van der Waals surface area contributed by atoms with Gasteiger partial charge in [0.05, 0.1) is 13.7 Å². The Labute approximate surface area is 168 Å². The summed E-state index contributed by atoms with van der Waals surface area (Å²) in [6.45, 7) is 0.0955. The van der Waals surface area contributed by atoms with Gasteiger partial charge in [0.2, 0.25) is 0 Å². The summed E-state index contributed by atoms with van der Waals surface area (Å²) in [6, 6.07) is 11.0. The van der Waals surface area contributed by atoms with Crippen LogP contribution in [0.1, 0.15) is 60.4 Å². The van der Waals surface area contributed by atoms with E-state index in [2.05, 4.69) is 29.2 Å². The van der Waals surface area contributed by atoms with Crippen LogP contribution < -0.4 is 10.5 Å². The molecular formula is C24H32N2O2. The third-order valence-electron chi connectivity index (χ3n) is 6.82. The SMILES string of the molecule is COc1ccnc(CC[C@H]2CCc3cc([C@H]4CC[C@](N)(CO)C4)ccc3C2)c1. The van der Waals surface area contributed by atoms with Gasteiger partial charge in [0.25, 0.3) is 0 Å². The van der Waals surface area contributed by atoms with Gasteiger partial charge < -0.3 is 15.6 Å². The summed E-state index contributed by atoms with van der Waals surface area (Å²) >= 11 is 0. The van der Waals surface area contributed by atoms with E-state index in [1.54, 1.807) is 7.11 Å². The van der Waals surface area contributed by atoms with Crippen molar-refractivity contribution >= 4 is 0 Å². The van der Waals surface area contributed by atoms with Crippen molar-refractivity contribution in [1.82, 2.24) is 4.98 Å². The second kappa shape index (κ2) is 8.22. The average molecular weight is 381 g/mol. The minimum Gasteiger partial charge on any atom is -0.497 e. The Morgan fingerprint density at radius 3 is 2.89 bits per heavy atom. The number of fused-ring (bicyclic) bond motifs is 1. The summed E-state index contributed by atoms with van der Waals surface area (Å²) in [7, 11) is 1.70. The van der Waals surface area contributed by atoms with Gasteiger partial charge in [-0.3, -0.25) is 4.98 Å². The Bertz CT molecular complexity index is 822. The fourth-order valence-corrected chi connectivity index (χ4v) is 5.01. The van der Waals surface area contributed by atoms with Gasteiger partial charge in [-0.05, 0) is 86.0 Å². The summed E-state index contributed by atoms with van der Waals surface area (Å²) < 4.78 is 5.30. The normalized spacial score (nSPS) is 26.8. The van der Waals surface area contributed by atoms with Gasteiger partial charge in [-0.1, -0.05) is 18.2 Å². The third kappa shape index (κ3) is 4.23. The first-order valence-corrected chi connectivity index (χ1v) is 10.6. The maximum Gasteiger partial charge on any atom is 0.122 e. The summed E-state index contributed by atoms with van der Waals surface area (Å²) in [6.07, 6.45) is 10.5. The molecule has 0 saturated heterocycles.